The molecule has 0 saturated carbocycles. The average Bonchev–Trinajstić information content (AvgIpc) is 2.70. The second-order valence-corrected chi connectivity index (χ2v) is 6.94. The van der Waals surface area contributed by atoms with Crippen LogP contribution in [0.5, 0.6) is 0 Å². The summed E-state index contributed by atoms with van der Waals surface area (Å²) < 4.78 is 32.4. The number of nitrogens with zero attached hydrogens (tertiary/aromatic N) is 2. The topological polar surface area (TPSA) is 102 Å². The zero-order valence-electron chi connectivity index (χ0n) is 12.0. The molecular weight excluding hydrogens is 284 g/mol. The van der Waals surface area contributed by atoms with Gasteiger partial charge in [-0.25, -0.2) is 17.9 Å². The lowest BCUT2D eigenvalue weighted by atomic mass is 10.2. The van der Waals surface area contributed by atoms with E-state index in [9.17, 15) is 13.2 Å². The summed E-state index contributed by atoms with van der Waals surface area (Å²) in [5.41, 5.74) is -0.584. The fourth-order valence-corrected chi connectivity index (χ4v) is 2.30. The van der Waals surface area contributed by atoms with Gasteiger partial charge >= 0.3 is 6.09 Å². The Balaban J connectivity index is 2.36. The van der Waals surface area contributed by atoms with E-state index in [4.69, 9.17) is 4.74 Å². The van der Waals surface area contributed by atoms with Crippen molar-refractivity contribution in [3.05, 3.63) is 12.4 Å². The van der Waals surface area contributed by atoms with Crippen LogP contribution in [0.25, 0.3) is 0 Å². The zero-order valence-corrected chi connectivity index (χ0v) is 12.8. The minimum atomic E-state index is -3.60. The van der Waals surface area contributed by atoms with Crippen LogP contribution >= 0.6 is 0 Å². The Morgan fingerprint density at radius 2 is 2.05 bits per heavy atom. The first kappa shape index (κ1) is 16.4. The van der Waals surface area contributed by atoms with Crippen LogP contribution in [-0.2, 0) is 21.8 Å². The third-order valence-electron chi connectivity index (χ3n) is 2.08. The minimum Gasteiger partial charge on any atom is -0.444 e. The Labute approximate surface area is 118 Å². The highest BCUT2D eigenvalue weighted by atomic mass is 32.2. The Bertz CT molecular complexity index is 559. The predicted octanol–water partition coefficient (Wildman–Crippen LogP) is 0.223. The lowest BCUT2D eigenvalue weighted by molar-refractivity contribution is 0.0529. The van der Waals surface area contributed by atoms with Gasteiger partial charge in [-0.05, 0) is 20.8 Å². The lowest BCUT2D eigenvalue weighted by Gasteiger charge is -2.19. The third-order valence-corrected chi connectivity index (χ3v) is 3.49. The van der Waals surface area contributed by atoms with Crippen LogP contribution in [0.1, 0.15) is 20.8 Å². The van der Waals surface area contributed by atoms with Crippen LogP contribution in [-0.4, -0.2) is 43.0 Å². The van der Waals surface area contributed by atoms with Crippen LogP contribution < -0.4 is 10.0 Å². The minimum absolute atomic E-state index is 0.0659. The van der Waals surface area contributed by atoms with Crippen molar-refractivity contribution in [3.8, 4) is 0 Å². The summed E-state index contributed by atoms with van der Waals surface area (Å²) in [7, 11) is -1.97. The first-order valence-electron chi connectivity index (χ1n) is 6.05. The summed E-state index contributed by atoms with van der Waals surface area (Å²) in [5.74, 6) is 0. The molecule has 1 aromatic heterocycles. The molecule has 0 aliphatic heterocycles. The van der Waals surface area contributed by atoms with E-state index in [-0.39, 0.29) is 18.0 Å². The predicted molar refractivity (Wildman–Crippen MR) is 72.6 cm³/mol. The number of aryl methyl sites for hydroxylation is 1. The van der Waals surface area contributed by atoms with E-state index in [1.165, 1.54) is 17.1 Å². The molecule has 1 aromatic rings. The molecule has 20 heavy (non-hydrogen) atoms. The van der Waals surface area contributed by atoms with Crippen LogP contribution in [0.3, 0.4) is 0 Å². The van der Waals surface area contributed by atoms with Crippen LogP contribution in [0.4, 0.5) is 4.79 Å². The van der Waals surface area contributed by atoms with Gasteiger partial charge in [0.15, 0.2) is 0 Å². The number of carbonyl (C=O) groups excluding carboxylic acids is 1. The van der Waals surface area contributed by atoms with Crippen LogP contribution in [0.15, 0.2) is 17.3 Å². The number of hydrogen-bond acceptors (Lipinski definition) is 5. The van der Waals surface area contributed by atoms with Crippen LogP contribution in [0, 0.1) is 0 Å². The van der Waals surface area contributed by atoms with Crippen molar-refractivity contribution in [2.24, 2.45) is 7.05 Å². The van der Waals surface area contributed by atoms with E-state index >= 15 is 0 Å². The molecular formula is C11H20N4O4S. The normalized spacial score (nSPS) is 12.2. The van der Waals surface area contributed by atoms with E-state index in [1.807, 2.05) is 0 Å². The van der Waals surface area contributed by atoms with E-state index in [1.54, 1.807) is 27.8 Å². The Kier molecular flexibility index (Phi) is 5.12. The Hall–Kier alpha value is -1.61. The summed E-state index contributed by atoms with van der Waals surface area (Å²) in [6.07, 6.45) is 2.06. The molecule has 0 bridgehead atoms. The second kappa shape index (κ2) is 6.23. The highest BCUT2D eigenvalue weighted by Gasteiger charge is 2.17. The lowest BCUT2D eigenvalue weighted by Crippen LogP contribution is -2.37. The maximum atomic E-state index is 11.8. The standard InChI is InChI=1S/C11H20N4O4S/c1-11(2,3)19-10(16)12-5-6-14-20(17,18)9-7-13-15(4)8-9/h7-8,14H,5-6H2,1-4H3,(H,12,16). The first-order chi connectivity index (χ1) is 9.10. The maximum Gasteiger partial charge on any atom is 0.407 e. The molecule has 0 fully saturated rings. The number of sulfonamides is 1. The van der Waals surface area contributed by atoms with E-state index < -0.39 is 21.7 Å². The van der Waals surface area contributed by atoms with Gasteiger partial charge in [0.1, 0.15) is 10.5 Å². The molecule has 114 valence electrons. The van der Waals surface area contributed by atoms with Crippen molar-refractivity contribution in [2.45, 2.75) is 31.3 Å². The number of ether oxygens (including phenoxy) is 1. The first-order valence-corrected chi connectivity index (χ1v) is 7.54. The van der Waals surface area contributed by atoms with E-state index in [2.05, 4.69) is 15.1 Å². The molecule has 0 aliphatic carbocycles. The Morgan fingerprint density at radius 1 is 1.40 bits per heavy atom. The fraction of sp³-hybridized carbons (Fsp3) is 0.636. The molecule has 9 heteroatoms. The van der Waals surface area contributed by atoms with Gasteiger partial charge in [0, 0.05) is 26.3 Å². The highest BCUT2D eigenvalue weighted by molar-refractivity contribution is 7.89. The molecule has 8 nitrogen and oxygen atoms in total. The summed E-state index contributed by atoms with van der Waals surface area (Å²) in [6, 6.07) is 0. The molecule has 0 radical (unpaired) electrons. The van der Waals surface area contributed by atoms with Gasteiger partial charge in [-0.15, -0.1) is 0 Å². The number of amides is 1. The molecule has 1 amide bonds. The molecule has 0 unspecified atom stereocenters. The summed E-state index contributed by atoms with van der Waals surface area (Å²) in [4.78, 5) is 11.4. The number of hydrogen-bond donors (Lipinski definition) is 2. The van der Waals surface area contributed by atoms with Gasteiger partial charge in [0.2, 0.25) is 10.0 Å². The van der Waals surface area contributed by atoms with Gasteiger partial charge in [-0.3, -0.25) is 4.68 Å². The van der Waals surface area contributed by atoms with Crippen molar-refractivity contribution in [2.75, 3.05) is 13.1 Å². The molecule has 0 atom stereocenters. The van der Waals surface area contributed by atoms with Gasteiger partial charge < -0.3 is 10.1 Å². The largest absolute Gasteiger partial charge is 0.444 e. The van der Waals surface area contributed by atoms with Crippen molar-refractivity contribution in [3.63, 3.8) is 0 Å². The molecule has 0 saturated heterocycles. The fourth-order valence-electron chi connectivity index (χ4n) is 1.29. The van der Waals surface area contributed by atoms with Crippen molar-refractivity contribution >= 4 is 16.1 Å². The number of nitrogens with one attached hydrogen (secondary N) is 2. The Morgan fingerprint density at radius 3 is 2.55 bits per heavy atom. The number of alkyl carbamates (subject to hydrolysis) is 1. The molecule has 1 heterocycles. The number of rotatable bonds is 5. The molecule has 0 aromatic carbocycles. The monoisotopic (exact) mass is 304 g/mol. The van der Waals surface area contributed by atoms with Gasteiger partial charge in [-0.2, -0.15) is 5.10 Å². The van der Waals surface area contributed by atoms with Crippen molar-refractivity contribution in [1.29, 1.82) is 0 Å². The summed E-state index contributed by atoms with van der Waals surface area (Å²) in [5, 5.41) is 6.25. The van der Waals surface area contributed by atoms with Crippen molar-refractivity contribution < 1.29 is 17.9 Å². The molecule has 0 aliphatic rings. The average molecular weight is 304 g/mol. The SMILES string of the molecule is Cn1cc(S(=O)(=O)NCCNC(=O)OC(C)(C)C)cn1. The third kappa shape index (κ3) is 5.57. The molecule has 0 spiro atoms. The highest BCUT2D eigenvalue weighted by Crippen LogP contribution is 2.06. The smallest absolute Gasteiger partial charge is 0.407 e. The molecule has 1 rings (SSSR count). The van der Waals surface area contributed by atoms with E-state index in [0.717, 1.165) is 0 Å². The summed E-state index contributed by atoms with van der Waals surface area (Å²) >= 11 is 0. The summed E-state index contributed by atoms with van der Waals surface area (Å²) in [6.45, 7) is 5.44. The number of aromatic nitrogens is 2. The van der Waals surface area contributed by atoms with Gasteiger partial charge in [-0.1, -0.05) is 0 Å². The quantitative estimate of drug-likeness (QED) is 0.758. The van der Waals surface area contributed by atoms with Gasteiger partial charge in [0.05, 0.1) is 6.20 Å². The second-order valence-electron chi connectivity index (χ2n) is 5.18. The van der Waals surface area contributed by atoms with Gasteiger partial charge in [0.25, 0.3) is 0 Å². The zero-order chi connectivity index (χ0) is 15.4. The van der Waals surface area contributed by atoms with Crippen LogP contribution in [0.2, 0.25) is 0 Å². The molecule has 2 N–H and O–H groups in total. The van der Waals surface area contributed by atoms with Crippen molar-refractivity contribution in [1.82, 2.24) is 19.8 Å². The number of carbonyl (C=O) groups is 1. The maximum absolute atomic E-state index is 11.8. The van der Waals surface area contributed by atoms with E-state index in [0.29, 0.717) is 0 Å².